The summed E-state index contributed by atoms with van der Waals surface area (Å²) < 4.78 is 0. The van der Waals surface area contributed by atoms with E-state index in [0.29, 0.717) is 11.0 Å². The molecule has 1 aromatic rings. The summed E-state index contributed by atoms with van der Waals surface area (Å²) in [7, 11) is 1.82. The summed E-state index contributed by atoms with van der Waals surface area (Å²) in [6.07, 6.45) is 0. The molecule has 0 heterocycles. The zero-order valence-corrected chi connectivity index (χ0v) is 10.3. The lowest BCUT2D eigenvalue weighted by molar-refractivity contribution is 0.856. The minimum absolute atomic E-state index is 0.588. The van der Waals surface area contributed by atoms with E-state index < -0.39 is 0 Å². The van der Waals surface area contributed by atoms with Gasteiger partial charge in [-0.2, -0.15) is 0 Å². The number of nitrogens with one attached hydrogen (secondary N) is 2. The predicted octanol–water partition coefficient (Wildman–Crippen LogP) is 2.40. The van der Waals surface area contributed by atoms with E-state index >= 15 is 0 Å². The first kappa shape index (κ1) is 12.0. The molecule has 0 aliphatic carbocycles. The van der Waals surface area contributed by atoms with Gasteiger partial charge in [-0.3, -0.25) is 0 Å². The Morgan fingerprint density at radius 3 is 2.33 bits per heavy atom. The van der Waals surface area contributed by atoms with Crippen molar-refractivity contribution in [3.63, 3.8) is 0 Å². The van der Waals surface area contributed by atoms with Crippen molar-refractivity contribution < 1.29 is 0 Å². The molecule has 1 rings (SSSR count). The molecule has 0 aromatic heterocycles. The van der Waals surface area contributed by atoms with Crippen molar-refractivity contribution in [3.05, 3.63) is 35.4 Å². The monoisotopic (exact) mass is 222 g/mol. The second-order valence-electron chi connectivity index (χ2n) is 3.83. The third-order valence-electron chi connectivity index (χ3n) is 2.33. The summed E-state index contributed by atoms with van der Waals surface area (Å²) >= 11 is 5.00. The molecule has 1 aromatic carbocycles. The SMILES string of the molecule is CNC(=S)NCc1ccc(C(C)C)cc1. The van der Waals surface area contributed by atoms with Crippen LogP contribution in [0.3, 0.4) is 0 Å². The lowest BCUT2D eigenvalue weighted by Crippen LogP contribution is -2.31. The molecule has 0 saturated carbocycles. The number of hydrogen-bond acceptors (Lipinski definition) is 1. The van der Waals surface area contributed by atoms with Gasteiger partial charge in [-0.05, 0) is 29.3 Å². The molecule has 0 bridgehead atoms. The van der Waals surface area contributed by atoms with Gasteiger partial charge in [0.2, 0.25) is 0 Å². The van der Waals surface area contributed by atoms with Crippen LogP contribution in [0.4, 0.5) is 0 Å². The molecule has 0 aliphatic rings. The van der Waals surface area contributed by atoms with Crippen molar-refractivity contribution >= 4 is 17.3 Å². The van der Waals surface area contributed by atoms with E-state index in [4.69, 9.17) is 12.2 Å². The van der Waals surface area contributed by atoms with Crippen LogP contribution in [0.5, 0.6) is 0 Å². The lowest BCUT2D eigenvalue weighted by atomic mass is 10.0. The van der Waals surface area contributed by atoms with Gasteiger partial charge in [0.15, 0.2) is 5.11 Å². The van der Waals surface area contributed by atoms with Crippen LogP contribution in [0.25, 0.3) is 0 Å². The van der Waals surface area contributed by atoms with Gasteiger partial charge in [0.05, 0.1) is 0 Å². The van der Waals surface area contributed by atoms with Gasteiger partial charge in [-0.1, -0.05) is 38.1 Å². The highest BCUT2D eigenvalue weighted by Crippen LogP contribution is 2.14. The molecule has 0 saturated heterocycles. The van der Waals surface area contributed by atoms with Gasteiger partial charge >= 0.3 is 0 Å². The van der Waals surface area contributed by atoms with Crippen LogP contribution in [0.15, 0.2) is 24.3 Å². The summed E-state index contributed by atoms with van der Waals surface area (Å²) in [5.41, 5.74) is 2.62. The van der Waals surface area contributed by atoms with Gasteiger partial charge in [-0.15, -0.1) is 0 Å². The molecular weight excluding hydrogens is 204 g/mol. The first-order valence-electron chi connectivity index (χ1n) is 5.18. The molecule has 2 nitrogen and oxygen atoms in total. The molecule has 0 atom stereocenters. The average molecular weight is 222 g/mol. The number of thiocarbonyl (C=S) groups is 1. The Kier molecular flexibility index (Phi) is 4.56. The van der Waals surface area contributed by atoms with E-state index in [0.717, 1.165) is 6.54 Å². The maximum absolute atomic E-state index is 5.00. The summed E-state index contributed by atoms with van der Waals surface area (Å²) in [6, 6.07) is 8.62. The maximum Gasteiger partial charge on any atom is 0.166 e. The van der Waals surface area contributed by atoms with Crippen LogP contribution in [0, 0.1) is 0 Å². The Morgan fingerprint density at radius 2 is 1.87 bits per heavy atom. The van der Waals surface area contributed by atoms with Crippen LogP contribution in [-0.2, 0) is 6.54 Å². The molecule has 0 spiro atoms. The molecule has 0 radical (unpaired) electrons. The summed E-state index contributed by atoms with van der Waals surface area (Å²) in [6.45, 7) is 5.17. The van der Waals surface area contributed by atoms with Gasteiger partial charge in [0, 0.05) is 13.6 Å². The first-order valence-corrected chi connectivity index (χ1v) is 5.58. The topological polar surface area (TPSA) is 24.1 Å². The van der Waals surface area contributed by atoms with E-state index in [2.05, 4.69) is 48.7 Å². The lowest BCUT2D eigenvalue weighted by Gasteiger charge is -2.09. The zero-order valence-electron chi connectivity index (χ0n) is 9.50. The van der Waals surface area contributed by atoms with Crippen LogP contribution in [0.2, 0.25) is 0 Å². The van der Waals surface area contributed by atoms with Crippen molar-refractivity contribution in [2.24, 2.45) is 0 Å². The van der Waals surface area contributed by atoms with E-state index in [1.807, 2.05) is 7.05 Å². The fourth-order valence-electron chi connectivity index (χ4n) is 1.29. The normalized spacial score (nSPS) is 10.1. The van der Waals surface area contributed by atoms with E-state index in [9.17, 15) is 0 Å². The highest BCUT2D eigenvalue weighted by molar-refractivity contribution is 7.80. The van der Waals surface area contributed by atoms with Crippen LogP contribution >= 0.6 is 12.2 Å². The third-order valence-corrected chi connectivity index (χ3v) is 2.67. The van der Waals surface area contributed by atoms with Gasteiger partial charge in [0.25, 0.3) is 0 Å². The number of benzene rings is 1. The molecular formula is C12H18N2S. The maximum atomic E-state index is 5.00. The minimum atomic E-state index is 0.588. The predicted molar refractivity (Wildman–Crippen MR) is 69.0 cm³/mol. The Balaban J connectivity index is 2.53. The fourth-order valence-corrected chi connectivity index (χ4v) is 1.36. The standard InChI is InChI=1S/C12H18N2S/c1-9(2)11-6-4-10(5-7-11)8-14-12(15)13-3/h4-7,9H,8H2,1-3H3,(H2,13,14,15). The van der Waals surface area contributed by atoms with Gasteiger partial charge in [0.1, 0.15) is 0 Å². The summed E-state index contributed by atoms with van der Waals surface area (Å²) in [5.74, 6) is 0.588. The first-order chi connectivity index (χ1) is 7.13. The molecule has 82 valence electrons. The highest BCUT2D eigenvalue weighted by Gasteiger charge is 1.99. The van der Waals surface area contributed by atoms with E-state index in [1.54, 1.807) is 0 Å². The van der Waals surface area contributed by atoms with E-state index in [-0.39, 0.29) is 0 Å². The second kappa shape index (κ2) is 5.71. The van der Waals surface area contributed by atoms with Crippen LogP contribution in [0.1, 0.15) is 30.9 Å². The molecule has 0 aliphatic heterocycles. The Hall–Kier alpha value is -1.09. The Bertz CT molecular complexity index is 317. The van der Waals surface area contributed by atoms with Crippen molar-refractivity contribution in [1.82, 2.24) is 10.6 Å². The Labute approximate surface area is 97.1 Å². The van der Waals surface area contributed by atoms with Crippen molar-refractivity contribution in [3.8, 4) is 0 Å². The van der Waals surface area contributed by atoms with Gasteiger partial charge < -0.3 is 10.6 Å². The van der Waals surface area contributed by atoms with Gasteiger partial charge in [-0.25, -0.2) is 0 Å². The van der Waals surface area contributed by atoms with Crippen molar-refractivity contribution in [1.29, 1.82) is 0 Å². The summed E-state index contributed by atoms with van der Waals surface area (Å²) in [5, 5.41) is 6.69. The van der Waals surface area contributed by atoms with Crippen molar-refractivity contribution in [2.45, 2.75) is 26.3 Å². The zero-order chi connectivity index (χ0) is 11.3. The number of hydrogen-bond donors (Lipinski definition) is 2. The molecule has 0 fully saturated rings. The van der Waals surface area contributed by atoms with Crippen LogP contribution < -0.4 is 10.6 Å². The largest absolute Gasteiger partial charge is 0.366 e. The number of rotatable bonds is 3. The molecule has 3 heteroatoms. The van der Waals surface area contributed by atoms with E-state index in [1.165, 1.54) is 11.1 Å². The molecule has 2 N–H and O–H groups in total. The fraction of sp³-hybridized carbons (Fsp3) is 0.417. The van der Waals surface area contributed by atoms with Crippen LogP contribution in [-0.4, -0.2) is 12.2 Å². The molecule has 0 unspecified atom stereocenters. The quantitative estimate of drug-likeness (QED) is 0.768. The molecule has 0 amide bonds. The minimum Gasteiger partial charge on any atom is -0.366 e. The average Bonchev–Trinajstić information content (AvgIpc) is 2.26. The highest BCUT2D eigenvalue weighted by atomic mass is 32.1. The third kappa shape index (κ3) is 3.88. The second-order valence-corrected chi connectivity index (χ2v) is 4.24. The smallest absolute Gasteiger partial charge is 0.166 e. The summed E-state index contributed by atoms with van der Waals surface area (Å²) in [4.78, 5) is 0. The molecule has 15 heavy (non-hydrogen) atoms. The van der Waals surface area contributed by atoms with Crippen molar-refractivity contribution in [2.75, 3.05) is 7.05 Å². The Morgan fingerprint density at radius 1 is 1.27 bits per heavy atom.